The minimum atomic E-state index is -1.15. The Bertz CT molecular complexity index is 711. The van der Waals surface area contributed by atoms with Crippen molar-refractivity contribution >= 4 is 18.0 Å². The number of amides is 1. The van der Waals surface area contributed by atoms with Crippen LogP contribution in [0.25, 0.3) is 6.08 Å². The topological polar surface area (TPSA) is 116 Å². The van der Waals surface area contributed by atoms with E-state index < -0.39 is 54.5 Å². The molecule has 1 saturated heterocycles. The first-order valence-electron chi connectivity index (χ1n) is 8.41. The van der Waals surface area contributed by atoms with Gasteiger partial charge in [-0.2, -0.15) is 0 Å². The molecule has 1 aliphatic rings. The molecule has 0 radical (unpaired) electrons. The first-order chi connectivity index (χ1) is 12.8. The molecule has 4 N–H and O–H groups in total. The molecule has 1 heterocycles. The van der Waals surface area contributed by atoms with Crippen LogP contribution in [0.2, 0.25) is 0 Å². The highest BCUT2D eigenvalue weighted by atomic mass is 19.1. The van der Waals surface area contributed by atoms with E-state index >= 15 is 0 Å². The third-order valence-corrected chi connectivity index (χ3v) is 4.22. The highest BCUT2D eigenvalue weighted by molar-refractivity contribution is 5.92. The number of aliphatic hydroxyl groups is 2. The Hall–Kier alpha value is -2.36. The normalized spacial score (nSPS) is 23.9. The summed E-state index contributed by atoms with van der Waals surface area (Å²) < 4.78 is 32.1. The van der Waals surface area contributed by atoms with Crippen LogP contribution >= 0.6 is 0 Å². The van der Waals surface area contributed by atoms with Gasteiger partial charge >= 0.3 is 5.97 Å². The Kier molecular flexibility index (Phi) is 7.40. The zero-order chi connectivity index (χ0) is 20.0. The minimum absolute atomic E-state index is 0.0620. The summed E-state index contributed by atoms with van der Waals surface area (Å²) >= 11 is 0. The lowest BCUT2D eigenvalue weighted by Crippen LogP contribution is -2.51. The van der Waals surface area contributed by atoms with Gasteiger partial charge in [-0.1, -0.05) is 0 Å². The molecule has 1 aromatic carbocycles. The highest BCUT2D eigenvalue weighted by Gasteiger charge is 2.36. The van der Waals surface area contributed by atoms with Crippen molar-refractivity contribution < 1.29 is 38.4 Å². The molecule has 1 aromatic rings. The maximum Gasteiger partial charge on any atom is 0.332 e. The zero-order valence-corrected chi connectivity index (χ0v) is 14.3. The van der Waals surface area contributed by atoms with Crippen molar-refractivity contribution in [1.29, 1.82) is 0 Å². The number of aliphatic hydroxyl groups excluding tert-OH is 2. The fourth-order valence-electron chi connectivity index (χ4n) is 2.84. The van der Waals surface area contributed by atoms with Gasteiger partial charge in [-0.05, 0) is 37.1 Å². The molecule has 27 heavy (non-hydrogen) atoms. The van der Waals surface area contributed by atoms with E-state index in [1.54, 1.807) is 0 Å². The molecule has 0 saturated carbocycles. The second-order valence-electron chi connectivity index (χ2n) is 6.27. The van der Waals surface area contributed by atoms with E-state index in [1.165, 1.54) is 0 Å². The van der Waals surface area contributed by atoms with Gasteiger partial charge in [0, 0.05) is 18.1 Å². The molecular formula is C18H21F2NO6. The number of carboxylic acid groups (broad SMARTS) is 1. The van der Waals surface area contributed by atoms with Crippen LogP contribution < -0.4 is 5.32 Å². The molecule has 4 atom stereocenters. The Morgan fingerprint density at radius 1 is 1.33 bits per heavy atom. The number of carboxylic acids is 1. The average molecular weight is 385 g/mol. The molecule has 1 amide bonds. The van der Waals surface area contributed by atoms with E-state index in [0.29, 0.717) is 0 Å². The summed E-state index contributed by atoms with van der Waals surface area (Å²) in [6.07, 6.45) is -0.472. The molecule has 1 unspecified atom stereocenters. The molecule has 0 aliphatic carbocycles. The first kappa shape index (κ1) is 20.9. The number of aliphatic carboxylic acids is 1. The maximum absolute atomic E-state index is 13.6. The Labute approximate surface area is 154 Å². The van der Waals surface area contributed by atoms with Crippen LogP contribution in [0.4, 0.5) is 8.78 Å². The van der Waals surface area contributed by atoms with Gasteiger partial charge in [-0.25, -0.2) is 13.6 Å². The quantitative estimate of drug-likeness (QED) is 0.517. The summed E-state index contributed by atoms with van der Waals surface area (Å²) in [6.45, 7) is -0.531. The molecule has 0 spiro atoms. The van der Waals surface area contributed by atoms with Gasteiger partial charge in [0.2, 0.25) is 5.91 Å². The van der Waals surface area contributed by atoms with E-state index in [0.717, 1.165) is 30.4 Å². The number of carbonyl (C=O) groups excluding carboxylic acids is 1. The van der Waals surface area contributed by atoms with Crippen LogP contribution in [0, 0.1) is 11.6 Å². The molecule has 148 valence electrons. The number of hydrogen-bond donors (Lipinski definition) is 4. The number of halogens is 2. The third kappa shape index (κ3) is 6.09. The van der Waals surface area contributed by atoms with Crippen molar-refractivity contribution in [3.63, 3.8) is 0 Å². The molecule has 7 nitrogen and oxygen atoms in total. The monoisotopic (exact) mass is 385 g/mol. The zero-order valence-electron chi connectivity index (χ0n) is 14.3. The van der Waals surface area contributed by atoms with Gasteiger partial charge < -0.3 is 25.4 Å². The summed E-state index contributed by atoms with van der Waals surface area (Å²) in [5, 5.41) is 30.3. The molecule has 0 aromatic heterocycles. The van der Waals surface area contributed by atoms with Gasteiger partial charge in [-0.15, -0.1) is 0 Å². The minimum Gasteiger partial charge on any atom is -0.479 e. The summed E-state index contributed by atoms with van der Waals surface area (Å²) in [4.78, 5) is 23.2. The number of benzene rings is 1. The smallest absolute Gasteiger partial charge is 0.332 e. The van der Waals surface area contributed by atoms with E-state index in [-0.39, 0.29) is 24.8 Å². The number of carbonyl (C=O) groups is 2. The second kappa shape index (κ2) is 9.54. The standard InChI is InChI=1S/C18H21F2NO6/c19-11-2-3-13(20)10(7-11)1-6-17(24)21-14-4-5-15(18(25)26)27-16(14)8-12(23)9-22/h1-3,6-7,12,14-16,22-23H,4-5,8-9H2,(H,21,24)(H,25,26)/t12?,14-,15+,16-/m1/s1. The average Bonchev–Trinajstić information content (AvgIpc) is 2.63. The molecule has 1 aliphatic heterocycles. The fourth-order valence-corrected chi connectivity index (χ4v) is 2.84. The van der Waals surface area contributed by atoms with Gasteiger partial charge in [0.1, 0.15) is 11.6 Å². The van der Waals surface area contributed by atoms with Crippen LogP contribution in [0.5, 0.6) is 0 Å². The SMILES string of the molecule is O=C(C=Cc1cc(F)ccc1F)N[C@@H]1CC[C@@H](C(=O)O)O[C@@H]1CC(O)CO. The number of hydrogen-bond acceptors (Lipinski definition) is 5. The predicted octanol–water partition coefficient (Wildman–Crippen LogP) is 0.838. The van der Waals surface area contributed by atoms with Gasteiger partial charge in [0.25, 0.3) is 0 Å². The lowest BCUT2D eigenvalue weighted by Gasteiger charge is -2.36. The van der Waals surface area contributed by atoms with E-state index in [9.17, 15) is 23.5 Å². The summed E-state index contributed by atoms with van der Waals surface area (Å²) in [6, 6.07) is 2.25. The fraction of sp³-hybridized carbons (Fsp3) is 0.444. The second-order valence-corrected chi connectivity index (χ2v) is 6.27. The largest absolute Gasteiger partial charge is 0.479 e. The molecular weight excluding hydrogens is 364 g/mol. The number of rotatable bonds is 7. The summed E-state index contributed by atoms with van der Waals surface area (Å²) in [5.41, 5.74) is -0.0942. The lowest BCUT2D eigenvalue weighted by atomic mass is 9.94. The van der Waals surface area contributed by atoms with Crippen molar-refractivity contribution in [2.45, 2.75) is 43.6 Å². The Balaban J connectivity index is 2.03. The Morgan fingerprint density at radius 2 is 2.07 bits per heavy atom. The molecule has 2 rings (SSSR count). The number of ether oxygens (including phenoxy) is 1. The van der Waals surface area contributed by atoms with Crippen LogP contribution in [0.15, 0.2) is 24.3 Å². The van der Waals surface area contributed by atoms with Gasteiger partial charge in [-0.3, -0.25) is 4.79 Å². The van der Waals surface area contributed by atoms with Crippen LogP contribution in [-0.2, 0) is 14.3 Å². The Morgan fingerprint density at radius 3 is 2.74 bits per heavy atom. The van der Waals surface area contributed by atoms with Crippen LogP contribution in [0.1, 0.15) is 24.8 Å². The van der Waals surface area contributed by atoms with Gasteiger partial charge in [0.05, 0.1) is 24.9 Å². The molecule has 9 heteroatoms. The highest BCUT2D eigenvalue weighted by Crippen LogP contribution is 2.23. The number of nitrogens with one attached hydrogen (secondary N) is 1. The van der Waals surface area contributed by atoms with E-state index in [1.807, 2.05) is 0 Å². The van der Waals surface area contributed by atoms with E-state index in [2.05, 4.69) is 5.32 Å². The maximum atomic E-state index is 13.6. The van der Waals surface area contributed by atoms with Crippen LogP contribution in [-0.4, -0.2) is 58.2 Å². The van der Waals surface area contributed by atoms with Gasteiger partial charge in [0.15, 0.2) is 6.10 Å². The van der Waals surface area contributed by atoms with Crippen molar-refractivity contribution in [1.82, 2.24) is 5.32 Å². The summed E-state index contributed by atoms with van der Waals surface area (Å²) in [5.74, 6) is -3.08. The van der Waals surface area contributed by atoms with Crippen molar-refractivity contribution in [2.75, 3.05) is 6.61 Å². The third-order valence-electron chi connectivity index (χ3n) is 4.22. The molecule has 1 fully saturated rings. The van der Waals surface area contributed by atoms with Crippen molar-refractivity contribution in [2.24, 2.45) is 0 Å². The van der Waals surface area contributed by atoms with E-state index in [4.69, 9.17) is 14.9 Å². The first-order valence-corrected chi connectivity index (χ1v) is 8.41. The molecule has 0 bridgehead atoms. The lowest BCUT2D eigenvalue weighted by molar-refractivity contribution is -0.164. The predicted molar refractivity (Wildman–Crippen MR) is 90.6 cm³/mol. The van der Waals surface area contributed by atoms with Crippen molar-refractivity contribution in [3.8, 4) is 0 Å². The van der Waals surface area contributed by atoms with Crippen LogP contribution in [0.3, 0.4) is 0 Å². The summed E-state index contributed by atoms with van der Waals surface area (Å²) in [7, 11) is 0. The van der Waals surface area contributed by atoms with Crippen molar-refractivity contribution in [3.05, 3.63) is 41.5 Å².